The van der Waals surface area contributed by atoms with Crippen LogP contribution in [0.2, 0.25) is 0 Å². The lowest BCUT2D eigenvalue weighted by Gasteiger charge is -2.00. The number of aromatic nitrogens is 3. The first-order chi connectivity index (χ1) is 7.81. The van der Waals surface area contributed by atoms with Crippen molar-refractivity contribution in [2.45, 2.75) is 12.3 Å². The summed E-state index contributed by atoms with van der Waals surface area (Å²) in [7, 11) is 1.60. The maximum Gasteiger partial charge on any atom is 0.212 e. The van der Waals surface area contributed by atoms with E-state index >= 15 is 0 Å². The van der Waals surface area contributed by atoms with Gasteiger partial charge in [0.1, 0.15) is 5.82 Å². The molecule has 0 amide bonds. The molecule has 16 heavy (non-hydrogen) atoms. The maximum atomic E-state index is 5.68. The molecule has 0 unspecified atom stereocenters. The largest absolute Gasteiger partial charge is 0.481 e. The van der Waals surface area contributed by atoms with Crippen LogP contribution in [0.1, 0.15) is 17.1 Å². The molecule has 0 saturated carbocycles. The van der Waals surface area contributed by atoms with Crippen molar-refractivity contribution < 1.29 is 4.74 Å². The second-order valence-corrected chi connectivity index (χ2v) is 3.64. The third-order valence-electron chi connectivity index (χ3n) is 2.20. The van der Waals surface area contributed by atoms with Gasteiger partial charge in [-0.15, -0.1) is 11.6 Å². The van der Waals surface area contributed by atoms with Crippen LogP contribution in [0.5, 0.6) is 5.88 Å². The molecule has 2 aromatic rings. The van der Waals surface area contributed by atoms with Crippen molar-refractivity contribution in [3.63, 3.8) is 0 Å². The van der Waals surface area contributed by atoms with Crippen molar-refractivity contribution in [3.8, 4) is 5.88 Å². The fraction of sp³-hybridized carbons (Fsp3) is 0.273. The quantitative estimate of drug-likeness (QED) is 0.829. The molecule has 4 nitrogen and oxygen atoms in total. The van der Waals surface area contributed by atoms with Gasteiger partial charge in [-0.1, -0.05) is 6.07 Å². The Morgan fingerprint density at radius 1 is 1.31 bits per heavy atom. The zero-order chi connectivity index (χ0) is 11.4. The molecule has 2 aromatic heterocycles. The molecule has 0 bridgehead atoms. The fourth-order valence-electron chi connectivity index (χ4n) is 1.39. The Morgan fingerprint density at radius 3 is 2.75 bits per heavy atom. The first kappa shape index (κ1) is 11.0. The summed E-state index contributed by atoms with van der Waals surface area (Å²) >= 11 is 5.68. The van der Waals surface area contributed by atoms with E-state index in [0.29, 0.717) is 18.2 Å². The van der Waals surface area contributed by atoms with Crippen LogP contribution < -0.4 is 4.74 Å². The van der Waals surface area contributed by atoms with Crippen molar-refractivity contribution in [1.82, 2.24) is 15.0 Å². The average molecular weight is 238 g/mol. The molecule has 84 valence electrons. The molecule has 2 heterocycles. The van der Waals surface area contributed by atoms with E-state index in [-0.39, 0.29) is 0 Å². The summed E-state index contributed by atoms with van der Waals surface area (Å²) in [6.45, 7) is 0. The van der Waals surface area contributed by atoms with Crippen LogP contribution >= 0.6 is 11.6 Å². The maximum absolute atomic E-state index is 5.68. The van der Waals surface area contributed by atoms with E-state index in [1.165, 1.54) is 0 Å². The molecule has 0 aliphatic heterocycles. The normalized spacial score (nSPS) is 10.4. The highest BCUT2D eigenvalue weighted by Crippen LogP contribution is 2.10. The number of rotatable bonds is 4. The highest BCUT2D eigenvalue weighted by atomic mass is 35.5. The number of nitrogens with one attached hydrogen (secondary N) is 1. The van der Waals surface area contributed by atoms with Gasteiger partial charge in [0, 0.05) is 30.6 Å². The zero-order valence-corrected chi connectivity index (χ0v) is 9.66. The molecule has 0 fully saturated rings. The highest BCUT2D eigenvalue weighted by Gasteiger charge is 2.02. The Morgan fingerprint density at radius 2 is 2.19 bits per heavy atom. The van der Waals surface area contributed by atoms with Crippen LogP contribution in [0.15, 0.2) is 24.5 Å². The number of halogens is 1. The second-order valence-electron chi connectivity index (χ2n) is 3.37. The summed E-state index contributed by atoms with van der Waals surface area (Å²) in [4.78, 5) is 11.5. The predicted octanol–water partition coefficient (Wildman–Crippen LogP) is 2.14. The third kappa shape index (κ3) is 2.52. The van der Waals surface area contributed by atoms with E-state index < -0.39 is 0 Å². The topological polar surface area (TPSA) is 50.8 Å². The molecule has 1 N–H and O–H groups in total. The number of alkyl halides is 1. The molecule has 5 heteroatoms. The number of H-pyrrole nitrogens is 1. The van der Waals surface area contributed by atoms with Gasteiger partial charge >= 0.3 is 0 Å². The van der Waals surface area contributed by atoms with Gasteiger partial charge in [0.2, 0.25) is 5.88 Å². The smallest absolute Gasteiger partial charge is 0.212 e. The van der Waals surface area contributed by atoms with E-state index in [1.807, 2.05) is 12.1 Å². The minimum atomic E-state index is 0.452. The summed E-state index contributed by atoms with van der Waals surface area (Å²) in [6.07, 6.45) is 4.24. The van der Waals surface area contributed by atoms with Crippen molar-refractivity contribution in [3.05, 3.63) is 41.6 Å². The number of aromatic amines is 1. The highest BCUT2D eigenvalue weighted by molar-refractivity contribution is 6.16. The molecule has 0 atom stereocenters. The van der Waals surface area contributed by atoms with Gasteiger partial charge in [-0.05, 0) is 5.56 Å². The SMILES string of the molecule is COc1ccc(Cc2ncc(CCl)[nH]2)cn1. The van der Waals surface area contributed by atoms with E-state index in [2.05, 4.69) is 15.0 Å². The first-order valence-corrected chi connectivity index (χ1v) is 5.43. The number of pyridine rings is 1. The van der Waals surface area contributed by atoms with Gasteiger partial charge in [0.15, 0.2) is 0 Å². The van der Waals surface area contributed by atoms with Crippen molar-refractivity contribution in [2.24, 2.45) is 0 Å². The van der Waals surface area contributed by atoms with Gasteiger partial charge in [0.05, 0.1) is 13.0 Å². The number of hydrogen-bond acceptors (Lipinski definition) is 3. The number of hydrogen-bond donors (Lipinski definition) is 1. The molecular formula is C11H12ClN3O. The van der Waals surface area contributed by atoms with E-state index in [0.717, 1.165) is 17.1 Å². The van der Waals surface area contributed by atoms with E-state index in [1.54, 1.807) is 19.5 Å². The molecule has 0 aliphatic rings. The van der Waals surface area contributed by atoms with Crippen LogP contribution in [0.4, 0.5) is 0 Å². The Labute approximate surface area is 98.6 Å². The first-order valence-electron chi connectivity index (χ1n) is 4.89. The number of ether oxygens (including phenoxy) is 1. The number of nitrogens with zero attached hydrogens (tertiary/aromatic N) is 2. The minimum absolute atomic E-state index is 0.452. The lowest BCUT2D eigenvalue weighted by molar-refractivity contribution is 0.397. The van der Waals surface area contributed by atoms with Gasteiger partial charge in [-0.2, -0.15) is 0 Å². The monoisotopic (exact) mass is 237 g/mol. The zero-order valence-electron chi connectivity index (χ0n) is 8.90. The number of imidazole rings is 1. The van der Waals surface area contributed by atoms with Crippen LogP contribution in [-0.4, -0.2) is 22.1 Å². The lowest BCUT2D eigenvalue weighted by Crippen LogP contribution is -1.93. The van der Waals surface area contributed by atoms with Gasteiger partial charge in [-0.3, -0.25) is 0 Å². The van der Waals surface area contributed by atoms with Crippen molar-refractivity contribution in [2.75, 3.05) is 7.11 Å². The van der Waals surface area contributed by atoms with Crippen LogP contribution in [0, 0.1) is 0 Å². The van der Waals surface area contributed by atoms with E-state index in [9.17, 15) is 0 Å². The van der Waals surface area contributed by atoms with Crippen LogP contribution in [0.3, 0.4) is 0 Å². The van der Waals surface area contributed by atoms with Crippen LogP contribution in [-0.2, 0) is 12.3 Å². The average Bonchev–Trinajstić information content (AvgIpc) is 2.78. The fourth-order valence-corrected chi connectivity index (χ4v) is 1.53. The number of methoxy groups -OCH3 is 1. The molecule has 0 aliphatic carbocycles. The summed E-state index contributed by atoms with van der Waals surface area (Å²) in [5, 5.41) is 0. The second kappa shape index (κ2) is 4.99. The Hall–Kier alpha value is -1.55. The third-order valence-corrected chi connectivity index (χ3v) is 2.49. The predicted molar refractivity (Wildman–Crippen MR) is 61.7 cm³/mol. The van der Waals surface area contributed by atoms with Crippen molar-refractivity contribution in [1.29, 1.82) is 0 Å². The Balaban J connectivity index is 2.08. The molecular weight excluding hydrogens is 226 g/mol. The van der Waals surface area contributed by atoms with Crippen molar-refractivity contribution >= 4 is 11.6 Å². The molecule has 0 aromatic carbocycles. The van der Waals surface area contributed by atoms with E-state index in [4.69, 9.17) is 16.3 Å². The summed E-state index contributed by atoms with van der Waals surface area (Å²) in [6, 6.07) is 3.80. The molecule has 0 spiro atoms. The summed E-state index contributed by atoms with van der Waals surface area (Å²) in [5.74, 6) is 1.96. The molecule has 0 saturated heterocycles. The van der Waals surface area contributed by atoms with Gasteiger partial charge < -0.3 is 9.72 Å². The standard InChI is InChI=1S/C11H12ClN3O/c1-16-11-3-2-8(6-14-11)4-10-13-7-9(5-12)15-10/h2-3,6-7H,4-5H2,1H3,(H,13,15). The van der Waals surface area contributed by atoms with Gasteiger partial charge in [-0.25, -0.2) is 9.97 Å². The summed E-state index contributed by atoms with van der Waals surface area (Å²) < 4.78 is 4.99. The Kier molecular flexibility index (Phi) is 3.41. The Bertz CT molecular complexity index is 453. The van der Waals surface area contributed by atoms with Gasteiger partial charge in [0.25, 0.3) is 0 Å². The summed E-state index contributed by atoms with van der Waals surface area (Å²) in [5.41, 5.74) is 2.01. The lowest BCUT2D eigenvalue weighted by atomic mass is 10.2. The molecule has 2 rings (SSSR count). The molecule has 0 radical (unpaired) electrons. The minimum Gasteiger partial charge on any atom is -0.481 e. The van der Waals surface area contributed by atoms with Crippen LogP contribution in [0.25, 0.3) is 0 Å².